The Hall–Kier alpha value is -1.44. The molecule has 0 heterocycles. The molecule has 110 valence electrons. The average molecular weight is 291 g/mol. The molecule has 0 unspecified atom stereocenters. The summed E-state index contributed by atoms with van der Waals surface area (Å²) in [7, 11) is 0. The predicted molar refractivity (Wildman–Crippen MR) is 74.0 cm³/mol. The fourth-order valence-corrected chi connectivity index (χ4v) is 1.85. The highest BCUT2D eigenvalue weighted by molar-refractivity contribution is 7.98. The van der Waals surface area contributed by atoms with Crippen molar-refractivity contribution in [2.75, 3.05) is 18.6 Å². The lowest BCUT2D eigenvalue weighted by Crippen LogP contribution is -2.47. The first-order chi connectivity index (χ1) is 8.97. The first kappa shape index (κ1) is 17.6. The van der Waals surface area contributed by atoms with Gasteiger partial charge < -0.3 is 21.5 Å². The predicted octanol–water partition coefficient (Wildman–Crippen LogP) is 0.148. The number of carbonyl (C=O) groups excluding carboxylic acids is 2. The maximum atomic E-state index is 11.4. The molecule has 0 aliphatic carbocycles. The first-order valence-electron chi connectivity index (χ1n) is 6.01. The molecule has 0 radical (unpaired) electrons. The number of unbranched alkanes of at least 4 members (excludes halogenated alkanes) is 2. The molecule has 0 aromatic rings. The minimum atomic E-state index is -1.28. The minimum Gasteiger partial charge on any atom is -0.480 e. The summed E-state index contributed by atoms with van der Waals surface area (Å²) in [5.41, 5.74) is 4.90. The van der Waals surface area contributed by atoms with Crippen molar-refractivity contribution in [3.8, 4) is 0 Å². The molecule has 1 atom stereocenters. The van der Waals surface area contributed by atoms with E-state index in [0.29, 0.717) is 6.54 Å². The second-order valence-electron chi connectivity index (χ2n) is 4.01. The number of rotatable bonds is 10. The lowest BCUT2D eigenvalue weighted by molar-refractivity contribution is -0.140. The molecule has 0 saturated carbocycles. The Morgan fingerprint density at radius 1 is 1.26 bits per heavy atom. The normalized spacial score (nSPS) is 11.6. The van der Waals surface area contributed by atoms with Gasteiger partial charge in [0.05, 0.1) is 6.42 Å². The van der Waals surface area contributed by atoms with E-state index in [9.17, 15) is 14.4 Å². The van der Waals surface area contributed by atoms with Gasteiger partial charge in [-0.3, -0.25) is 4.79 Å². The highest BCUT2D eigenvalue weighted by Crippen LogP contribution is 2.01. The summed E-state index contributed by atoms with van der Waals surface area (Å²) < 4.78 is 0. The third-order valence-electron chi connectivity index (χ3n) is 2.32. The Balaban J connectivity index is 3.81. The van der Waals surface area contributed by atoms with Gasteiger partial charge in [0.15, 0.2) is 0 Å². The van der Waals surface area contributed by atoms with Crippen molar-refractivity contribution in [3.05, 3.63) is 0 Å². The van der Waals surface area contributed by atoms with E-state index in [1.54, 1.807) is 11.8 Å². The fourth-order valence-electron chi connectivity index (χ4n) is 1.36. The minimum absolute atomic E-state index is 0.420. The van der Waals surface area contributed by atoms with Gasteiger partial charge in [-0.1, -0.05) is 6.42 Å². The van der Waals surface area contributed by atoms with Crippen LogP contribution in [0.1, 0.15) is 25.7 Å². The molecule has 0 aromatic heterocycles. The van der Waals surface area contributed by atoms with Crippen LogP contribution in [0.4, 0.5) is 4.79 Å². The van der Waals surface area contributed by atoms with Gasteiger partial charge in [-0.05, 0) is 24.9 Å². The van der Waals surface area contributed by atoms with Gasteiger partial charge in [0.2, 0.25) is 5.91 Å². The lowest BCUT2D eigenvalue weighted by Gasteiger charge is -2.13. The first-order valence-corrected chi connectivity index (χ1v) is 7.41. The quantitative estimate of drug-likeness (QED) is 0.427. The van der Waals surface area contributed by atoms with E-state index in [-0.39, 0.29) is 0 Å². The van der Waals surface area contributed by atoms with E-state index in [4.69, 9.17) is 10.8 Å². The van der Waals surface area contributed by atoms with Crippen molar-refractivity contribution >= 4 is 29.7 Å². The summed E-state index contributed by atoms with van der Waals surface area (Å²) in [6.07, 6.45) is 4.54. The third kappa shape index (κ3) is 10.2. The number of thioether (sulfide) groups is 1. The third-order valence-corrected chi connectivity index (χ3v) is 3.02. The van der Waals surface area contributed by atoms with Crippen molar-refractivity contribution in [2.45, 2.75) is 31.7 Å². The Morgan fingerprint density at radius 3 is 2.47 bits per heavy atom. The molecular weight excluding hydrogens is 270 g/mol. The standard InChI is InChI=1S/C11H21N3O4S/c1-19-6-4-2-3-5-13-11(18)14-8(10(16)17)7-9(12)15/h8H,2-7H2,1H3,(H2,12,15)(H,16,17)(H2,13,14,18)/t8-/m0/s1. The molecule has 3 amide bonds. The largest absolute Gasteiger partial charge is 0.480 e. The molecule has 0 saturated heterocycles. The van der Waals surface area contributed by atoms with Gasteiger partial charge in [-0.15, -0.1) is 0 Å². The molecule has 0 fully saturated rings. The number of urea groups is 1. The van der Waals surface area contributed by atoms with Crippen LogP contribution in [0.5, 0.6) is 0 Å². The summed E-state index contributed by atoms with van der Waals surface area (Å²) in [5, 5.41) is 13.5. The topological polar surface area (TPSA) is 122 Å². The molecule has 0 spiro atoms. The van der Waals surface area contributed by atoms with Gasteiger partial charge >= 0.3 is 12.0 Å². The second-order valence-corrected chi connectivity index (χ2v) is 5.00. The van der Waals surface area contributed by atoms with E-state index >= 15 is 0 Å². The van der Waals surface area contributed by atoms with Crippen LogP contribution in [0.25, 0.3) is 0 Å². The maximum absolute atomic E-state index is 11.4. The van der Waals surface area contributed by atoms with E-state index in [2.05, 4.69) is 10.6 Å². The Bertz CT molecular complexity index is 312. The van der Waals surface area contributed by atoms with Crippen LogP contribution in [0.15, 0.2) is 0 Å². The molecule has 0 aliphatic rings. The van der Waals surface area contributed by atoms with Crippen molar-refractivity contribution in [1.29, 1.82) is 0 Å². The summed E-state index contributed by atoms with van der Waals surface area (Å²) in [6.45, 7) is 0.475. The van der Waals surface area contributed by atoms with E-state index in [1.807, 2.05) is 6.26 Å². The number of carboxylic acid groups (broad SMARTS) is 1. The molecule has 19 heavy (non-hydrogen) atoms. The Morgan fingerprint density at radius 2 is 1.95 bits per heavy atom. The maximum Gasteiger partial charge on any atom is 0.326 e. The van der Waals surface area contributed by atoms with E-state index in [1.165, 1.54) is 0 Å². The summed E-state index contributed by atoms with van der Waals surface area (Å²) in [6, 6.07) is -1.88. The smallest absolute Gasteiger partial charge is 0.326 e. The van der Waals surface area contributed by atoms with Gasteiger partial charge in [-0.25, -0.2) is 9.59 Å². The monoisotopic (exact) mass is 291 g/mol. The number of amides is 3. The van der Waals surface area contributed by atoms with Gasteiger partial charge in [0.25, 0.3) is 0 Å². The lowest BCUT2D eigenvalue weighted by atomic mass is 10.2. The molecule has 5 N–H and O–H groups in total. The van der Waals surface area contributed by atoms with Crippen LogP contribution in [0.2, 0.25) is 0 Å². The number of hydrogen-bond acceptors (Lipinski definition) is 4. The zero-order chi connectivity index (χ0) is 14.7. The highest BCUT2D eigenvalue weighted by atomic mass is 32.2. The van der Waals surface area contributed by atoms with Crippen molar-refractivity contribution < 1.29 is 19.5 Å². The number of carboxylic acids is 1. The zero-order valence-corrected chi connectivity index (χ0v) is 11.8. The number of nitrogens with one attached hydrogen (secondary N) is 2. The van der Waals surface area contributed by atoms with Gasteiger partial charge in [0, 0.05) is 6.54 Å². The molecular formula is C11H21N3O4S. The molecule has 0 aliphatic heterocycles. The average Bonchev–Trinajstić information content (AvgIpc) is 2.32. The number of carbonyl (C=O) groups is 3. The molecule has 7 nitrogen and oxygen atoms in total. The number of primary amides is 1. The summed E-state index contributed by atoms with van der Waals surface area (Å²) >= 11 is 1.77. The van der Waals surface area contributed by atoms with Crippen LogP contribution < -0.4 is 16.4 Å². The number of hydrogen-bond donors (Lipinski definition) is 4. The number of nitrogens with two attached hydrogens (primary N) is 1. The van der Waals surface area contributed by atoms with E-state index in [0.717, 1.165) is 25.0 Å². The molecule has 0 bridgehead atoms. The second kappa shape index (κ2) is 10.5. The molecule has 0 aromatic carbocycles. The summed E-state index contributed by atoms with van der Waals surface area (Å²) in [5.74, 6) is -0.968. The van der Waals surface area contributed by atoms with E-state index < -0.39 is 30.4 Å². The molecule has 0 rings (SSSR count). The van der Waals surface area contributed by atoms with Crippen molar-refractivity contribution in [1.82, 2.24) is 10.6 Å². The molecule has 8 heteroatoms. The van der Waals surface area contributed by atoms with Crippen molar-refractivity contribution in [3.63, 3.8) is 0 Å². The fraction of sp³-hybridized carbons (Fsp3) is 0.727. The van der Waals surface area contributed by atoms with Crippen LogP contribution in [0, 0.1) is 0 Å². The summed E-state index contributed by atoms with van der Waals surface area (Å²) in [4.78, 5) is 32.8. The van der Waals surface area contributed by atoms with Gasteiger partial charge in [-0.2, -0.15) is 11.8 Å². The van der Waals surface area contributed by atoms with Gasteiger partial charge in [0.1, 0.15) is 6.04 Å². The van der Waals surface area contributed by atoms with Crippen LogP contribution in [-0.2, 0) is 9.59 Å². The van der Waals surface area contributed by atoms with Crippen LogP contribution in [0.3, 0.4) is 0 Å². The SMILES string of the molecule is CSCCCCCNC(=O)N[C@@H](CC(N)=O)C(=O)O. The highest BCUT2D eigenvalue weighted by Gasteiger charge is 2.21. The van der Waals surface area contributed by atoms with Crippen LogP contribution >= 0.6 is 11.8 Å². The van der Waals surface area contributed by atoms with Crippen LogP contribution in [-0.4, -0.2) is 47.6 Å². The van der Waals surface area contributed by atoms with Crippen molar-refractivity contribution in [2.24, 2.45) is 5.73 Å². The Kier molecular flexibility index (Phi) is 9.69. The number of aliphatic carboxylic acids is 1. The Labute approximate surface area is 116 Å². The zero-order valence-electron chi connectivity index (χ0n) is 11.0.